The smallest absolute Gasteiger partial charge is 0.224 e. The van der Waals surface area contributed by atoms with Crippen molar-refractivity contribution in [1.82, 2.24) is 10.6 Å². The summed E-state index contributed by atoms with van der Waals surface area (Å²) in [4.78, 5) is 16.5. The Morgan fingerprint density at radius 1 is 1.09 bits per heavy atom. The van der Waals surface area contributed by atoms with Gasteiger partial charge >= 0.3 is 0 Å². The Morgan fingerprint density at radius 3 is 2.66 bits per heavy atom. The van der Waals surface area contributed by atoms with Crippen molar-refractivity contribution >= 4 is 41.5 Å². The van der Waals surface area contributed by atoms with Crippen molar-refractivity contribution in [3.8, 4) is 5.75 Å². The maximum Gasteiger partial charge on any atom is 0.224 e. The van der Waals surface area contributed by atoms with Gasteiger partial charge < -0.3 is 25.4 Å². The maximum atomic E-state index is 13.2. The number of hydrogen-bond donors (Lipinski definition) is 3. The van der Waals surface area contributed by atoms with Gasteiger partial charge in [-0.3, -0.25) is 9.79 Å². The van der Waals surface area contributed by atoms with Crippen molar-refractivity contribution in [2.45, 2.75) is 19.8 Å². The molecule has 0 spiro atoms. The number of hydrogen-bond acceptors (Lipinski definition) is 4. The number of carbonyl (C=O) groups is 1. The second-order valence-corrected chi connectivity index (χ2v) is 6.76. The lowest BCUT2D eigenvalue weighted by Gasteiger charge is -2.13. The van der Waals surface area contributed by atoms with Crippen LogP contribution in [0, 0.1) is 5.82 Å². The summed E-state index contributed by atoms with van der Waals surface area (Å²) in [7, 11) is 1.67. The van der Waals surface area contributed by atoms with E-state index in [9.17, 15) is 9.18 Å². The van der Waals surface area contributed by atoms with Crippen LogP contribution in [0.25, 0.3) is 0 Å². The number of guanidine groups is 1. The molecule has 1 amide bonds. The summed E-state index contributed by atoms with van der Waals surface area (Å²) in [6.45, 7) is 4.71. The van der Waals surface area contributed by atoms with Crippen molar-refractivity contribution < 1.29 is 18.7 Å². The average Bonchev–Trinajstić information content (AvgIpc) is 2.75. The van der Waals surface area contributed by atoms with E-state index in [1.165, 1.54) is 12.1 Å². The Morgan fingerprint density at radius 2 is 1.91 bits per heavy atom. The number of methoxy groups -OCH3 is 1. The summed E-state index contributed by atoms with van der Waals surface area (Å²) < 4.78 is 23.9. The third-order valence-corrected chi connectivity index (χ3v) is 4.16. The average molecular weight is 558 g/mol. The number of amides is 1. The van der Waals surface area contributed by atoms with Crippen LogP contribution in [0.1, 0.15) is 18.9 Å². The molecule has 176 valence electrons. The van der Waals surface area contributed by atoms with Crippen LogP contribution < -0.4 is 20.7 Å². The molecule has 0 aliphatic carbocycles. The second kappa shape index (κ2) is 16.3. The fourth-order valence-corrected chi connectivity index (χ4v) is 2.76. The van der Waals surface area contributed by atoms with Crippen LogP contribution in [0.5, 0.6) is 5.75 Å². The molecule has 2 aromatic rings. The molecular formula is C23H32FIN4O3. The fourth-order valence-electron chi connectivity index (χ4n) is 2.76. The molecule has 9 heteroatoms. The van der Waals surface area contributed by atoms with Gasteiger partial charge in [-0.15, -0.1) is 24.0 Å². The van der Waals surface area contributed by atoms with Crippen LogP contribution >= 0.6 is 24.0 Å². The topological polar surface area (TPSA) is 84.0 Å². The Kier molecular flexibility index (Phi) is 14.0. The Labute approximate surface area is 206 Å². The van der Waals surface area contributed by atoms with Gasteiger partial charge in [0.15, 0.2) is 5.96 Å². The largest absolute Gasteiger partial charge is 0.493 e. The third kappa shape index (κ3) is 11.3. The monoisotopic (exact) mass is 558 g/mol. The van der Waals surface area contributed by atoms with Crippen LogP contribution in [0.3, 0.4) is 0 Å². The first-order chi connectivity index (χ1) is 15.1. The number of carbonyl (C=O) groups excluding carboxylic acids is 1. The van der Waals surface area contributed by atoms with Crippen LogP contribution in [-0.2, 0) is 16.0 Å². The summed E-state index contributed by atoms with van der Waals surface area (Å²) in [5.41, 5.74) is 1.49. The lowest BCUT2D eigenvalue weighted by atomic mass is 10.1. The van der Waals surface area contributed by atoms with E-state index in [0.29, 0.717) is 44.4 Å². The number of halogens is 2. The number of nitrogens with one attached hydrogen (secondary N) is 3. The van der Waals surface area contributed by atoms with Crippen molar-refractivity contribution in [3.05, 3.63) is 59.9 Å². The standard InChI is InChI=1S/C23H31FN4O3.HI/c1-3-25-23(28-20-9-5-10-21(17-20)31-14-6-13-30-2)27-12-11-26-22(29)16-18-7-4-8-19(24)15-18;/h4-5,7-10,15,17H,3,6,11-14,16H2,1-2H3,(H,26,29)(H2,25,27,28);1H. The summed E-state index contributed by atoms with van der Waals surface area (Å²) in [6.07, 6.45) is 0.958. The zero-order valence-corrected chi connectivity index (χ0v) is 20.9. The van der Waals surface area contributed by atoms with Gasteiger partial charge in [-0.2, -0.15) is 0 Å². The molecule has 0 atom stereocenters. The Balaban J connectivity index is 0.00000512. The van der Waals surface area contributed by atoms with Crippen LogP contribution in [-0.4, -0.2) is 51.8 Å². The summed E-state index contributed by atoms with van der Waals surface area (Å²) in [5.74, 6) is 0.859. The molecule has 0 bridgehead atoms. The minimum absolute atomic E-state index is 0. The lowest BCUT2D eigenvalue weighted by molar-refractivity contribution is -0.120. The number of rotatable bonds is 12. The molecule has 2 rings (SSSR count). The van der Waals surface area contributed by atoms with E-state index in [-0.39, 0.29) is 42.1 Å². The van der Waals surface area contributed by atoms with Gasteiger partial charge in [-0.1, -0.05) is 18.2 Å². The van der Waals surface area contributed by atoms with E-state index in [1.54, 1.807) is 19.2 Å². The zero-order chi connectivity index (χ0) is 22.3. The molecule has 32 heavy (non-hydrogen) atoms. The van der Waals surface area contributed by atoms with Gasteiger partial charge in [0.25, 0.3) is 0 Å². The van der Waals surface area contributed by atoms with E-state index in [4.69, 9.17) is 9.47 Å². The highest BCUT2D eigenvalue weighted by atomic mass is 127. The maximum absolute atomic E-state index is 13.2. The molecule has 7 nitrogen and oxygen atoms in total. The van der Waals surface area contributed by atoms with E-state index in [2.05, 4.69) is 20.9 Å². The predicted octanol–water partition coefficient (Wildman–Crippen LogP) is 3.60. The highest BCUT2D eigenvalue weighted by molar-refractivity contribution is 14.0. The predicted molar refractivity (Wildman–Crippen MR) is 137 cm³/mol. The number of benzene rings is 2. The number of ether oxygens (including phenoxy) is 2. The summed E-state index contributed by atoms with van der Waals surface area (Å²) >= 11 is 0. The molecule has 0 saturated carbocycles. The quantitative estimate of drug-likeness (QED) is 0.161. The SMILES string of the molecule is CCNC(=NCCNC(=O)Cc1cccc(F)c1)Nc1cccc(OCCCOC)c1.I. The number of anilines is 1. The normalized spacial score (nSPS) is 10.8. The first-order valence-corrected chi connectivity index (χ1v) is 10.4. The Bertz CT molecular complexity index is 851. The minimum Gasteiger partial charge on any atom is -0.493 e. The molecule has 2 aromatic carbocycles. The van der Waals surface area contributed by atoms with Crippen molar-refractivity contribution in [2.75, 3.05) is 45.3 Å². The van der Waals surface area contributed by atoms with Crippen molar-refractivity contribution in [1.29, 1.82) is 0 Å². The number of aliphatic imine (C=N–C) groups is 1. The molecule has 0 aliphatic rings. The molecule has 0 saturated heterocycles. The van der Waals surface area contributed by atoms with Gasteiger partial charge in [0.1, 0.15) is 11.6 Å². The molecule has 0 aliphatic heterocycles. The molecule has 0 aromatic heterocycles. The van der Waals surface area contributed by atoms with Crippen LogP contribution in [0.15, 0.2) is 53.5 Å². The van der Waals surface area contributed by atoms with Crippen LogP contribution in [0.2, 0.25) is 0 Å². The molecule has 0 unspecified atom stereocenters. The molecule has 3 N–H and O–H groups in total. The van der Waals surface area contributed by atoms with Gasteiger partial charge in [-0.25, -0.2) is 4.39 Å². The molecule has 0 heterocycles. The summed E-state index contributed by atoms with van der Waals surface area (Å²) in [6, 6.07) is 13.7. The van der Waals surface area contributed by atoms with Gasteiger partial charge in [0, 0.05) is 45.0 Å². The molecule has 0 radical (unpaired) electrons. The van der Waals surface area contributed by atoms with Gasteiger partial charge in [-0.05, 0) is 36.8 Å². The van der Waals surface area contributed by atoms with E-state index in [1.807, 2.05) is 31.2 Å². The zero-order valence-electron chi connectivity index (χ0n) is 18.5. The lowest BCUT2D eigenvalue weighted by Crippen LogP contribution is -2.32. The Hall–Kier alpha value is -2.40. The third-order valence-electron chi connectivity index (χ3n) is 4.16. The van der Waals surface area contributed by atoms with E-state index >= 15 is 0 Å². The first-order valence-electron chi connectivity index (χ1n) is 10.4. The van der Waals surface area contributed by atoms with Gasteiger partial charge in [0.05, 0.1) is 19.6 Å². The minimum atomic E-state index is -0.347. The summed E-state index contributed by atoms with van der Waals surface area (Å²) in [5, 5.41) is 9.21. The molecule has 0 fully saturated rings. The highest BCUT2D eigenvalue weighted by Crippen LogP contribution is 2.17. The van der Waals surface area contributed by atoms with E-state index in [0.717, 1.165) is 17.9 Å². The molecular weight excluding hydrogens is 526 g/mol. The number of nitrogens with zero attached hydrogens (tertiary/aromatic N) is 1. The van der Waals surface area contributed by atoms with Crippen molar-refractivity contribution in [2.24, 2.45) is 4.99 Å². The first kappa shape index (κ1) is 27.6. The second-order valence-electron chi connectivity index (χ2n) is 6.76. The van der Waals surface area contributed by atoms with E-state index < -0.39 is 0 Å². The highest BCUT2D eigenvalue weighted by Gasteiger charge is 2.05. The van der Waals surface area contributed by atoms with Crippen LogP contribution in [0.4, 0.5) is 10.1 Å². The van der Waals surface area contributed by atoms with Gasteiger partial charge in [0.2, 0.25) is 5.91 Å². The van der Waals surface area contributed by atoms with Crippen molar-refractivity contribution in [3.63, 3.8) is 0 Å². The fraction of sp³-hybridized carbons (Fsp3) is 0.391.